The van der Waals surface area contributed by atoms with Crippen LogP contribution in [0.3, 0.4) is 0 Å². The smallest absolute Gasteiger partial charge is 0.137 e. The standard InChI is InChI=1S/C17H22N2O/c1-3-20-17-10-14(11-19-13-17)9-16(12-18-2)15-7-5-4-6-8-15/h4-8,10-11,13,16,18H,3,9,12H2,1-2H3. The second-order valence-electron chi connectivity index (χ2n) is 4.83. The third-order valence-electron chi connectivity index (χ3n) is 3.28. The van der Waals surface area contributed by atoms with Gasteiger partial charge in [-0.15, -0.1) is 0 Å². The second kappa shape index (κ2) is 7.65. The van der Waals surface area contributed by atoms with E-state index in [-0.39, 0.29) is 0 Å². The number of hydrogen-bond acceptors (Lipinski definition) is 3. The number of hydrogen-bond donors (Lipinski definition) is 1. The molecule has 0 radical (unpaired) electrons. The maximum Gasteiger partial charge on any atom is 0.137 e. The molecule has 0 amide bonds. The number of pyridine rings is 1. The van der Waals surface area contributed by atoms with Crippen LogP contribution in [0.25, 0.3) is 0 Å². The van der Waals surface area contributed by atoms with Crippen molar-refractivity contribution in [2.45, 2.75) is 19.3 Å². The van der Waals surface area contributed by atoms with E-state index in [0.29, 0.717) is 12.5 Å². The van der Waals surface area contributed by atoms with Crippen LogP contribution >= 0.6 is 0 Å². The van der Waals surface area contributed by atoms with Crippen molar-refractivity contribution >= 4 is 0 Å². The molecule has 1 unspecified atom stereocenters. The number of ether oxygens (including phenoxy) is 1. The van der Waals surface area contributed by atoms with Crippen molar-refractivity contribution in [2.24, 2.45) is 0 Å². The van der Waals surface area contributed by atoms with Gasteiger partial charge in [0.15, 0.2) is 0 Å². The van der Waals surface area contributed by atoms with Crippen molar-refractivity contribution in [3.05, 3.63) is 59.9 Å². The normalized spacial score (nSPS) is 12.1. The number of aromatic nitrogens is 1. The Balaban J connectivity index is 2.14. The molecule has 1 aromatic carbocycles. The van der Waals surface area contributed by atoms with Crippen LogP contribution in [0.15, 0.2) is 48.8 Å². The van der Waals surface area contributed by atoms with E-state index in [9.17, 15) is 0 Å². The fourth-order valence-electron chi connectivity index (χ4n) is 2.38. The van der Waals surface area contributed by atoms with Gasteiger partial charge in [-0.05, 0) is 37.6 Å². The lowest BCUT2D eigenvalue weighted by atomic mass is 9.92. The topological polar surface area (TPSA) is 34.1 Å². The molecule has 0 spiro atoms. The number of nitrogens with zero attached hydrogens (tertiary/aromatic N) is 1. The second-order valence-corrected chi connectivity index (χ2v) is 4.83. The predicted molar refractivity (Wildman–Crippen MR) is 82.2 cm³/mol. The monoisotopic (exact) mass is 270 g/mol. The molecule has 2 rings (SSSR count). The highest BCUT2D eigenvalue weighted by Crippen LogP contribution is 2.22. The van der Waals surface area contributed by atoms with E-state index in [1.165, 1.54) is 11.1 Å². The maximum absolute atomic E-state index is 5.52. The Morgan fingerprint density at radius 1 is 1.20 bits per heavy atom. The molecule has 0 aliphatic rings. The molecule has 0 bridgehead atoms. The molecule has 1 N–H and O–H groups in total. The lowest BCUT2D eigenvalue weighted by Crippen LogP contribution is -2.19. The Hall–Kier alpha value is -1.87. The summed E-state index contributed by atoms with van der Waals surface area (Å²) in [6.45, 7) is 3.60. The summed E-state index contributed by atoms with van der Waals surface area (Å²) in [6, 6.07) is 12.7. The lowest BCUT2D eigenvalue weighted by molar-refractivity contribution is 0.338. The molecule has 0 saturated carbocycles. The lowest BCUT2D eigenvalue weighted by Gasteiger charge is -2.17. The molecule has 0 fully saturated rings. The molecule has 0 aliphatic heterocycles. The zero-order valence-corrected chi connectivity index (χ0v) is 12.2. The highest BCUT2D eigenvalue weighted by molar-refractivity contribution is 5.27. The van der Waals surface area contributed by atoms with Crippen LogP contribution in [0, 0.1) is 0 Å². The summed E-state index contributed by atoms with van der Waals surface area (Å²) < 4.78 is 5.52. The minimum absolute atomic E-state index is 0.444. The van der Waals surface area contributed by atoms with Crippen molar-refractivity contribution in [1.82, 2.24) is 10.3 Å². The van der Waals surface area contributed by atoms with Crippen molar-refractivity contribution in [2.75, 3.05) is 20.2 Å². The van der Waals surface area contributed by atoms with Crippen LogP contribution in [-0.4, -0.2) is 25.2 Å². The van der Waals surface area contributed by atoms with E-state index in [4.69, 9.17) is 4.74 Å². The van der Waals surface area contributed by atoms with Gasteiger partial charge in [-0.2, -0.15) is 0 Å². The molecule has 2 aromatic rings. The van der Waals surface area contributed by atoms with Gasteiger partial charge < -0.3 is 10.1 Å². The molecule has 106 valence electrons. The summed E-state index contributed by atoms with van der Waals surface area (Å²) in [7, 11) is 1.99. The maximum atomic E-state index is 5.52. The summed E-state index contributed by atoms with van der Waals surface area (Å²) in [5, 5.41) is 3.27. The van der Waals surface area contributed by atoms with E-state index in [1.54, 1.807) is 6.20 Å². The van der Waals surface area contributed by atoms with E-state index < -0.39 is 0 Å². The fraction of sp³-hybridized carbons (Fsp3) is 0.353. The Kier molecular flexibility index (Phi) is 5.56. The quantitative estimate of drug-likeness (QED) is 0.839. The summed E-state index contributed by atoms with van der Waals surface area (Å²) in [6.07, 6.45) is 4.65. The zero-order valence-electron chi connectivity index (χ0n) is 12.2. The van der Waals surface area contributed by atoms with Gasteiger partial charge in [-0.3, -0.25) is 4.98 Å². The Morgan fingerprint density at radius 2 is 2.00 bits per heavy atom. The van der Waals surface area contributed by atoms with Crippen molar-refractivity contribution < 1.29 is 4.74 Å². The highest BCUT2D eigenvalue weighted by atomic mass is 16.5. The van der Waals surface area contributed by atoms with Crippen molar-refractivity contribution in [1.29, 1.82) is 0 Å². The summed E-state index contributed by atoms with van der Waals surface area (Å²) in [5.74, 6) is 1.29. The van der Waals surface area contributed by atoms with Crippen molar-refractivity contribution in [3.8, 4) is 5.75 Å². The van der Waals surface area contributed by atoms with Gasteiger partial charge in [-0.25, -0.2) is 0 Å². The SMILES string of the molecule is CCOc1cncc(CC(CNC)c2ccccc2)c1. The van der Waals surface area contributed by atoms with E-state index >= 15 is 0 Å². The zero-order chi connectivity index (χ0) is 14.2. The van der Waals surface area contributed by atoms with Gasteiger partial charge in [0.05, 0.1) is 12.8 Å². The first kappa shape index (κ1) is 14.5. The molecule has 3 nitrogen and oxygen atoms in total. The first-order chi connectivity index (χ1) is 9.83. The van der Waals surface area contributed by atoms with E-state index in [1.807, 2.05) is 20.2 Å². The van der Waals surface area contributed by atoms with Crippen LogP contribution in [-0.2, 0) is 6.42 Å². The summed E-state index contributed by atoms with van der Waals surface area (Å²) in [5.41, 5.74) is 2.56. The van der Waals surface area contributed by atoms with Gasteiger partial charge in [-0.1, -0.05) is 30.3 Å². The third kappa shape index (κ3) is 4.07. The predicted octanol–water partition coefficient (Wildman–Crippen LogP) is 3.03. The fourth-order valence-corrected chi connectivity index (χ4v) is 2.38. The van der Waals surface area contributed by atoms with Crippen molar-refractivity contribution in [3.63, 3.8) is 0 Å². The van der Waals surface area contributed by atoms with Crippen LogP contribution in [0.4, 0.5) is 0 Å². The Bertz CT molecular complexity index is 513. The van der Waals surface area contributed by atoms with Gasteiger partial charge in [0.25, 0.3) is 0 Å². The molecule has 1 atom stereocenters. The summed E-state index contributed by atoms with van der Waals surface area (Å²) in [4.78, 5) is 4.26. The number of nitrogens with one attached hydrogen (secondary N) is 1. The molecule has 20 heavy (non-hydrogen) atoms. The summed E-state index contributed by atoms with van der Waals surface area (Å²) >= 11 is 0. The average Bonchev–Trinajstić information content (AvgIpc) is 2.48. The molecular weight excluding hydrogens is 248 g/mol. The molecule has 0 aliphatic carbocycles. The van der Waals surface area contributed by atoms with Gasteiger partial charge in [0.2, 0.25) is 0 Å². The highest BCUT2D eigenvalue weighted by Gasteiger charge is 2.12. The van der Waals surface area contributed by atoms with Gasteiger partial charge >= 0.3 is 0 Å². The van der Waals surface area contributed by atoms with Crippen LogP contribution in [0.5, 0.6) is 5.75 Å². The number of likely N-dealkylation sites (N-methyl/N-ethyl adjacent to an activating group) is 1. The van der Waals surface area contributed by atoms with E-state index in [2.05, 4.69) is 46.7 Å². The van der Waals surface area contributed by atoms with E-state index in [0.717, 1.165) is 18.7 Å². The Labute approximate surface area is 121 Å². The minimum Gasteiger partial charge on any atom is -0.492 e. The average molecular weight is 270 g/mol. The minimum atomic E-state index is 0.444. The van der Waals surface area contributed by atoms with Crippen LogP contribution in [0.2, 0.25) is 0 Å². The van der Waals surface area contributed by atoms with Gasteiger partial charge in [0, 0.05) is 18.7 Å². The molecule has 0 saturated heterocycles. The third-order valence-corrected chi connectivity index (χ3v) is 3.28. The van der Waals surface area contributed by atoms with Gasteiger partial charge in [0.1, 0.15) is 5.75 Å². The number of benzene rings is 1. The Morgan fingerprint density at radius 3 is 2.70 bits per heavy atom. The molecule has 3 heteroatoms. The molecular formula is C17H22N2O. The first-order valence-electron chi connectivity index (χ1n) is 7.09. The molecule has 1 aromatic heterocycles. The van der Waals surface area contributed by atoms with Crippen LogP contribution in [0.1, 0.15) is 24.0 Å². The molecule has 1 heterocycles. The largest absolute Gasteiger partial charge is 0.492 e. The number of rotatable bonds is 7. The van der Waals surface area contributed by atoms with Crippen LogP contribution < -0.4 is 10.1 Å². The first-order valence-corrected chi connectivity index (χ1v) is 7.09.